The molecule has 1 aliphatic heterocycles. The highest BCUT2D eigenvalue weighted by atomic mass is 16.7. The number of rotatable bonds is 3. The molecule has 1 aliphatic rings. The molecule has 0 aliphatic carbocycles. The van der Waals surface area contributed by atoms with Crippen LogP contribution in [-0.4, -0.2) is 58.7 Å². The van der Waals surface area contributed by atoms with Gasteiger partial charge in [0.25, 0.3) is 0 Å². The van der Waals surface area contributed by atoms with Crippen molar-refractivity contribution < 1.29 is 43.5 Å². The number of aliphatic hydroxyl groups is 3. The van der Waals surface area contributed by atoms with Crippen LogP contribution in [0.25, 0.3) is 32.7 Å². The second kappa shape index (κ2) is 7.07. The van der Waals surface area contributed by atoms with E-state index in [1.807, 2.05) is 0 Å². The molecule has 11 nitrogen and oxygen atoms in total. The molecule has 1 fully saturated rings. The van der Waals surface area contributed by atoms with Gasteiger partial charge in [-0.1, -0.05) is 0 Å². The Bertz CT molecular complexity index is 1470. The number of ether oxygens (including phenoxy) is 3. The Balaban J connectivity index is 1.83. The molecule has 4 N–H and O–H groups in total. The number of methoxy groups -OCH3 is 1. The van der Waals surface area contributed by atoms with Crippen LogP contribution in [0.5, 0.6) is 17.2 Å². The monoisotopic (exact) mass is 446 g/mol. The first-order valence-corrected chi connectivity index (χ1v) is 9.61. The lowest BCUT2D eigenvalue weighted by molar-refractivity contribution is -0.241. The predicted molar refractivity (Wildman–Crippen MR) is 109 cm³/mol. The minimum absolute atomic E-state index is 0.0110. The minimum Gasteiger partial charge on any atom is -0.504 e. The van der Waals surface area contributed by atoms with Crippen molar-refractivity contribution in [3.63, 3.8) is 0 Å². The van der Waals surface area contributed by atoms with E-state index >= 15 is 0 Å². The van der Waals surface area contributed by atoms with Gasteiger partial charge in [0.1, 0.15) is 18.3 Å². The second-order valence-corrected chi connectivity index (χ2v) is 7.60. The van der Waals surface area contributed by atoms with Gasteiger partial charge in [0.15, 0.2) is 22.7 Å². The van der Waals surface area contributed by atoms with Gasteiger partial charge in [-0.15, -0.1) is 0 Å². The van der Waals surface area contributed by atoms with Crippen LogP contribution >= 0.6 is 0 Å². The molecule has 1 saturated heterocycles. The Labute approximate surface area is 177 Å². The topological polar surface area (TPSA) is 169 Å². The first kappa shape index (κ1) is 20.5. The number of phenols is 1. The van der Waals surface area contributed by atoms with Crippen LogP contribution in [0.2, 0.25) is 0 Å². The molecule has 5 rings (SSSR count). The smallest absolute Gasteiger partial charge is 0.344 e. The van der Waals surface area contributed by atoms with Gasteiger partial charge in [0.2, 0.25) is 12.0 Å². The fourth-order valence-electron chi connectivity index (χ4n) is 4.05. The molecule has 32 heavy (non-hydrogen) atoms. The van der Waals surface area contributed by atoms with E-state index in [1.54, 1.807) is 6.92 Å². The SMILES string of the molecule is COc1c(O)cc2c(=O)oc3c(O[C@@H]4OC[C@@H](O)[C@H](O)[C@H]4O)c(C)cc4c(=O)oc1c2c34. The summed E-state index contributed by atoms with van der Waals surface area (Å²) in [4.78, 5) is 25.5. The molecular weight excluding hydrogens is 428 g/mol. The number of aromatic hydroxyl groups is 1. The maximum absolute atomic E-state index is 12.8. The summed E-state index contributed by atoms with van der Waals surface area (Å²) >= 11 is 0. The highest BCUT2D eigenvalue weighted by molar-refractivity contribution is 6.22. The normalized spacial score (nSPS) is 23.9. The van der Waals surface area contributed by atoms with Crippen LogP contribution in [0, 0.1) is 6.92 Å². The summed E-state index contributed by atoms with van der Waals surface area (Å²) in [6, 6.07) is 2.61. The number of hydrogen-bond acceptors (Lipinski definition) is 11. The largest absolute Gasteiger partial charge is 0.504 e. The molecule has 3 heterocycles. The van der Waals surface area contributed by atoms with Crippen LogP contribution < -0.4 is 20.7 Å². The lowest BCUT2D eigenvalue weighted by atomic mass is 10.00. The molecule has 0 unspecified atom stereocenters. The van der Waals surface area contributed by atoms with Crippen LogP contribution in [-0.2, 0) is 4.74 Å². The van der Waals surface area contributed by atoms with Gasteiger partial charge in [0.05, 0.1) is 24.5 Å². The Hall–Kier alpha value is -3.38. The van der Waals surface area contributed by atoms with Crippen molar-refractivity contribution in [2.24, 2.45) is 0 Å². The Morgan fingerprint density at radius 2 is 1.53 bits per heavy atom. The zero-order valence-electron chi connectivity index (χ0n) is 16.8. The van der Waals surface area contributed by atoms with Crippen LogP contribution in [0.3, 0.4) is 0 Å². The van der Waals surface area contributed by atoms with E-state index in [9.17, 15) is 30.0 Å². The van der Waals surface area contributed by atoms with E-state index in [-0.39, 0.29) is 50.8 Å². The van der Waals surface area contributed by atoms with E-state index in [0.717, 1.165) is 6.07 Å². The molecule has 0 radical (unpaired) electrons. The molecule has 4 atom stereocenters. The van der Waals surface area contributed by atoms with Crippen LogP contribution in [0.15, 0.2) is 30.6 Å². The van der Waals surface area contributed by atoms with Gasteiger partial charge in [-0.2, -0.15) is 0 Å². The predicted octanol–water partition coefficient (Wildman–Crippen LogP) is 0.331. The van der Waals surface area contributed by atoms with Crippen molar-refractivity contribution in [1.29, 1.82) is 0 Å². The Kier molecular flexibility index (Phi) is 4.53. The number of hydrogen-bond donors (Lipinski definition) is 4. The molecule has 0 bridgehead atoms. The lowest BCUT2D eigenvalue weighted by Gasteiger charge is -2.35. The van der Waals surface area contributed by atoms with Crippen LogP contribution in [0.4, 0.5) is 0 Å². The fourth-order valence-corrected chi connectivity index (χ4v) is 4.05. The number of benzene rings is 2. The van der Waals surface area contributed by atoms with Crippen molar-refractivity contribution in [3.8, 4) is 17.2 Å². The maximum Gasteiger partial charge on any atom is 0.344 e. The van der Waals surface area contributed by atoms with E-state index in [1.165, 1.54) is 13.2 Å². The summed E-state index contributed by atoms with van der Waals surface area (Å²) in [5.41, 5.74) is -1.49. The van der Waals surface area contributed by atoms with Gasteiger partial charge in [0, 0.05) is 10.8 Å². The van der Waals surface area contributed by atoms with Crippen molar-refractivity contribution in [2.45, 2.75) is 31.5 Å². The summed E-state index contributed by atoms with van der Waals surface area (Å²) in [7, 11) is 1.27. The fraction of sp³-hybridized carbons (Fsp3) is 0.333. The summed E-state index contributed by atoms with van der Waals surface area (Å²) < 4.78 is 27.0. The Morgan fingerprint density at radius 1 is 0.938 bits per heavy atom. The van der Waals surface area contributed by atoms with E-state index in [2.05, 4.69) is 0 Å². The summed E-state index contributed by atoms with van der Waals surface area (Å²) in [5.74, 6) is -0.551. The van der Waals surface area contributed by atoms with Gasteiger partial charge in [-0.3, -0.25) is 0 Å². The quantitative estimate of drug-likeness (QED) is 0.253. The average molecular weight is 446 g/mol. The number of aryl methyl sites for hydroxylation is 1. The molecule has 0 spiro atoms. The first-order chi connectivity index (χ1) is 15.2. The van der Waals surface area contributed by atoms with Crippen molar-refractivity contribution in [3.05, 3.63) is 38.5 Å². The molecule has 168 valence electrons. The van der Waals surface area contributed by atoms with Gasteiger partial charge in [-0.05, 0) is 24.6 Å². The van der Waals surface area contributed by atoms with Crippen molar-refractivity contribution >= 4 is 32.7 Å². The van der Waals surface area contributed by atoms with Crippen molar-refractivity contribution in [2.75, 3.05) is 13.7 Å². The Morgan fingerprint density at radius 3 is 2.16 bits per heavy atom. The van der Waals surface area contributed by atoms with E-state index in [0.29, 0.717) is 5.56 Å². The third-order valence-electron chi connectivity index (χ3n) is 5.61. The maximum atomic E-state index is 12.8. The number of aliphatic hydroxyl groups excluding tert-OH is 3. The molecular formula is C21H18O11. The minimum atomic E-state index is -1.59. The molecule has 11 heteroatoms. The molecule has 0 saturated carbocycles. The summed E-state index contributed by atoms with van der Waals surface area (Å²) in [5, 5.41) is 40.5. The summed E-state index contributed by atoms with van der Waals surface area (Å²) in [6.07, 6.45) is -5.79. The molecule has 0 amide bonds. The zero-order valence-corrected chi connectivity index (χ0v) is 16.8. The summed E-state index contributed by atoms with van der Waals surface area (Å²) in [6.45, 7) is 1.29. The highest BCUT2D eigenvalue weighted by Crippen LogP contribution is 2.44. The lowest BCUT2D eigenvalue weighted by Crippen LogP contribution is -2.54. The van der Waals surface area contributed by atoms with E-state index in [4.69, 9.17) is 23.0 Å². The van der Waals surface area contributed by atoms with Gasteiger partial charge in [-0.25, -0.2) is 9.59 Å². The standard InChI is InChI=1S/C21H18O11/c1-6-3-7-11-12-8(4-9(22)16(28-2)18(12)31-19(7)26)20(27)30-17(11)15(6)32-21-14(25)13(24)10(23)5-29-21/h3-4,10,13-14,21-25H,5H2,1-2H3/t10-,13+,14-,21+/m1/s1. The molecule has 4 aromatic rings. The van der Waals surface area contributed by atoms with Gasteiger partial charge < -0.3 is 43.5 Å². The first-order valence-electron chi connectivity index (χ1n) is 9.61. The second-order valence-electron chi connectivity index (χ2n) is 7.60. The van der Waals surface area contributed by atoms with E-state index < -0.39 is 41.6 Å². The number of phenolic OH excluding ortho intramolecular Hbond substituents is 1. The third-order valence-corrected chi connectivity index (χ3v) is 5.61. The van der Waals surface area contributed by atoms with Crippen molar-refractivity contribution in [1.82, 2.24) is 0 Å². The third kappa shape index (κ3) is 2.76. The average Bonchev–Trinajstić information content (AvgIpc) is 2.75. The zero-order chi connectivity index (χ0) is 22.9. The molecule has 2 aromatic heterocycles. The molecule has 2 aromatic carbocycles. The highest BCUT2D eigenvalue weighted by Gasteiger charge is 2.40. The van der Waals surface area contributed by atoms with Gasteiger partial charge >= 0.3 is 11.3 Å². The van der Waals surface area contributed by atoms with Crippen LogP contribution in [0.1, 0.15) is 5.56 Å².